The van der Waals surface area contributed by atoms with E-state index in [0.717, 1.165) is 16.4 Å². The molecule has 1 aromatic heterocycles. The lowest BCUT2D eigenvalue weighted by Gasteiger charge is -2.34. The first kappa shape index (κ1) is 21.4. The van der Waals surface area contributed by atoms with Crippen LogP contribution in [0.5, 0.6) is 0 Å². The predicted octanol–water partition coefficient (Wildman–Crippen LogP) is 3.35. The number of aromatic nitrogens is 1. The third kappa shape index (κ3) is 3.89. The molecule has 30 heavy (non-hydrogen) atoms. The Balaban J connectivity index is 2.06. The maximum Gasteiger partial charge on any atom is 0.239 e. The van der Waals surface area contributed by atoms with Gasteiger partial charge in [0.05, 0.1) is 18.0 Å². The third-order valence-electron chi connectivity index (χ3n) is 4.85. The molecule has 7 nitrogen and oxygen atoms in total. The van der Waals surface area contributed by atoms with E-state index in [1.54, 1.807) is 6.92 Å². The van der Waals surface area contributed by atoms with Gasteiger partial charge >= 0.3 is 0 Å². The highest BCUT2D eigenvalue weighted by molar-refractivity contribution is 7.89. The quantitative estimate of drug-likeness (QED) is 0.755. The molecular formula is C20H19F2N5O2S. The number of aryl methyl sites for hydroxylation is 1. The first-order valence-electron chi connectivity index (χ1n) is 8.80. The van der Waals surface area contributed by atoms with E-state index in [-0.39, 0.29) is 17.2 Å². The van der Waals surface area contributed by atoms with Crippen LogP contribution in [-0.2, 0) is 15.6 Å². The molecule has 1 atom stereocenters. The zero-order valence-electron chi connectivity index (χ0n) is 16.5. The number of rotatable bonds is 3. The summed E-state index contributed by atoms with van der Waals surface area (Å²) in [4.78, 5) is 11.4. The average Bonchev–Trinajstić information content (AvgIpc) is 2.66. The number of halogens is 2. The Morgan fingerprint density at radius 1 is 1.40 bits per heavy atom. The molecule has 1 aliphatic rings. The van der Waals surface area contributed by atoms with Crippen LogP contribution in [0.2, 0.25) is 0 Å². The summed E-state index contributed by atoms with van der Waals surface area (Å²) >= 11 is 0. The van der Waals surface area contributed by atoms with E-state index in [1.807, 2.05) is 0 Å². The molecular weight excluding hydrogens is 412 g/mol. The summed E-state index contributed by atoms with van der Waals surface area (Å²) in [5.41, 5.74) is 5.37. The number of nitrogens with two attached hydrogens (primary N) is 1. The highest BCUT2D eigenvalue weighted by Gasteiger charge is 2.41. The SMILES string of the molecule is [C-]#[N+]c1cnc(/C(F)=C/c2ccc(F)c([C@]3(C)CS(=O)(=O)N(C)C(N)=N3)c2)c(C)c1. The fourth-order valence-electron chi connectivity index (χ4n) is 3.22. The van der Waals surface area contributed by atoms with Gasteiger partial charge in [-0.1, -0.05) is 6.07 Å². The smallest absolute Gasteiger partial charge is 0.239 e. The van der Waals surface area contributed by atoms with Crippen LogP contribution in [0.25, 0.3) is 16.7 Å². The highest BCUT2D eigenvalue weighted by atomic mass is 32.2. The van der Waals surface area contributed by atoms with Crippen LogP contribution in [0.3, 0.4) is 0 Å². The number of aliphatic imine (C=N–C) groups is 1. The second-order valence-electron chi connectivity index (χ2n) is 7.17. The molecule has 0 bridgehead atoms. The minimum absolute atomic E-state index is 0.0169. The van der Waals surface area contributed by atoms with Crippen LogP contribution in [0.4, 0.5) is 14.5 Å². The second-order valence-corrected chi connectivity index (χ2v) is 9.17. The molecule has 2 heterocycles. The molecule has 0 radical (unpaired) electrons. The van der Waals surface area contributed by atoms with Crippen molar-refractivity contribution in [3.05, 3.63) is 70.1 Å². The molecule has 0 saturated carbocycles. The first-order valence-corrected chi connectivity index (χ1v) is 10.4. The third-order valence-corrected chi connectivity index (χ3v) is 6.80. The van der Waals surface area contributed by atoms with Crippen molar-refractivity contribution < 1.29 is 17.2 Å². The standard InChI is InChI=1S/C20H19F2N5O2S/c1-12-7-14(24-3)10-25-18(12)17(22)9-13-5-6-16(21)15(8-13)20(2)11-30(28,29)27(4)19(23)26-20/h5-10H,11H2,1-2,4H3,(H2,23,26)/b17-9-/t20-/m0/s1. The van der Waals surface area contributed by atoms with E-state index in [0.29, 0.717) is 16.8 Å². The normalized spacial score (nSPS) is 21.1. The van der Waals surface area contributed by atoms with Crippen LogP contribution in [0.15, 0.2) is 35.5 Å². The van der Waals surface area contributed by atoms with Gasteiger partial charge < -0.3 is 5.73 Å². The number of sulfonamides is 1. The van der Waals surface area contributed by atoms with Gasteiger partial charge in [0.1, 0.15) is 17.2 Å². The summed E-state index contributed by atoms with van der Waals surface area (Å²) in [6, 6.07) is 5.34. The number of hydrogen-bond acceptors (Lipinski definition) is 5. The van der Waals surface area contributed by atoms with E-state index in [2.05, 4.69) is 14.8 Å². The molecule has 0 amide bonds. The van der Waals surface area contributed by atoms with Gasteiger partial charge in [-0.25, -0.2) is 31.3 Å². The Morgan fingerprint density at radius 3 is 2.70 bits per heavy atom. The number of nitrogens with zero attached hydrogens (tertiary/aromatic N) is 4. The Bertz CT molecular complexity index is 1230. The lowest BCUT2D eigenvalue weighted by Crippen LogP contribution is -2.50. The Hall–Kier alpha value is -3.32. The highest BCUT2D eigenvalue weighted by Crippen LogP contribution is 2.34. The number of guanidine groups is 1. The van der Waals surface area contributed by atoms with Crippen LogP contribution in [0, 0.1) is 19.3 Å². The fourth-order valence-corrected chi connectivity index (χ4v) is 4.67. The first-order chi connectivity index (χ1) is 14.0. The van der Waals surface area contributed by atoms with Gasteiger partial charge in [0, 0.05) is 18.8 Å². The lowest BCUT2D eigenvalue weighted by molar-refractivity contribution is 0.458. The number of benzene rings is 1. The molecule has 0 fully saturated rings. The summed E-state index contributed by atoms with van der Waals surface area (Å²) < 4.78 is 55.0. The second kappa shape index (κ2) is 7.50. The van der Waals surface area contributed by atoms with Gasteiger partial charge in [0.2, 0.25) is 21.7 Å². The van der Waals surface area contributed by atoms with E-state index in [9.17, 15) is 17.2 Å². The summed E-state index contributed by atoms with van der Waals surface area (Å²) in [6.07, 6.45) is 2.43. The predicted molar refractivity (Wildman–Crippen MR) is 111 cm³/mol. The molecule has 1 aliphatic heterocycles. The summed E-state index contributed by atoms with van der Waals surface area (Å²) in [5.74, 6) is -2.09. The van der Waals surface area contributed by atoms with Crippen molar-refractivity contribution in [2.75, 3.05) is 12.8 Å². The van der Waals surface area contributed by atoms with E-state index in [1.165, 1.54) is 38.4 Å². The van der Waals surface area contributed by atoms with Crippen molar-refractivity contribution in [3.63, 3.8) is 0 Å². The van der Waals surface area contributed by atoms with Gasteiger partial charge in [-0.15, -0.1) is 0 Å². The molecule has 2 aromatic rings. The molecule has 0 saturated heterocycles. The number of pyridine rings is 1. The number of hydrogen-bond donors (Lipinski definition) is 1. The zero-order valence-corrected chi connectivity index (χ0v) is 17.3. The molecule has 2 N–H and O–H groups in total. The minimum atomic E-state index is -3.79. The van der Waals surface area contributed by atoms with Gasteiger partial charge in [-0.3, -0.25) is 4.98 Å². The maximum atomic E-state index is 14.8. The monoisotopic (exact) mass is 431 g/mol. The molecule has 10 heteroatoms. The van der Waals surface area contributed by atoms with Crippen LogP contribution in [0.1, 0.15) is 29.3 Å². The molecule has 156 valence electrons. The van der Waals surface area contributed by atoms with Crippen molar-refractivity contribution in [1.82, 2.24) is 9.29 Å². The Morgan fingerprint density at radius 2 is 2.10 bits per heavy atom. The van der Waals surface area contributed by atoms with Crippen LogP contribution in [-0.4, -0.2) is 36.5 Å². The van der Waals surface area contributed by atoms with E-state index in [4.69, 9.17) is 12.3 Å². The maximum absolute atomic E-state index is 14.8. The fraction of sp³-hybridized carbons (Fsp3) is 0.250. The molecule has 0 aliphatic carbocycles. The largest absolute Gasteiger partial charge is 0.369 e. The van der Waals surface area contributed by atoms with Crippen molar-refractivity contribution in [2.24, 2.45) is 10.7 Å². The molecule has 0 unspecified atom stereocenters. The van der Waals surface area contributed by atoms with Crippen molar-refractivity contribution >= 4 is 33.6 Å². The van der Waals surface area contributed by atoms with Crippen molar-refractivity contribution in [3.8, 4) is 0 Å². The van der Waals surface area contributed by atoms with Gasteiger partial charge in [0.15, 0.2) is 0 Å². The minimum Gasteiger partial charge on any atom is -0.369 e. The van der Waals surface area contributed by atoms with Crippen LogP contribution < -0.4 is 5.73 Å². The van der Waals surface area contributed by atoms with Gasteiger partial charge in [-0.05, 0) is 49.2 Å². The summed E-state index contributed by atoms with van der Waals surface area (Å²) in [5, 5.41) is 0. The summed E-state index contributed by atoms with van der Waals surface area (Å²) in [7, 11) is -2.52. The van der Waals surface area contributed by atoms with E-state index >= 15 is 0 Å². The van der Waals surface area contributed by atoms with Crippen molar-refractivity contribution in [2.45, 2.75) is 19.4 Å². The van der Waals surface area contributed by atoms with Gasteiger partial charge in [-0.2, -0.15) is 0 Å². The van der Waals surface area contributed by atoms with Gasteiger partial charge in [0.25, 0.3) is 0 Å². The Labute approximate surface area is 173 Å². The Kier molecular flexibility index (Phi) is 5.34. The summed E-state index contributed by atoms with van der Waals surface area (Å²) in [6.45, 7) is 10.1. The van der Waals surface area contributed by atoms with Crippen LogP contribution >= 0.6 is 0 Å². The molecule has 1 aromatic carbocycles. The molecule has 0 spiro atoms. The van der Waals surface area contributed by atoms with E-state index < -0.39 is 33.0 Å². The zero-order chi connectivity index (χ0) is 22.3. The van der Waals surface area contributed by atoms with Crippen molar-refractivity contribution in [1.29, 1.82) is 0 Å². The lowest BCUT2D eigenvalue weighted by atomic mass is 9.92. The average molecular weight is 431 g/mol. The molecule has 3 rings (SSSR count). The topological polar surface area (TPSA) is 93.0 Å².